The van der Waals surface area contributed by atoms with Gasteiger partial charge in [0.05, 0.1) is 0 Å². The van der Waals surface area contributed by atoms with E-state index in [0.29, 0.717) is 6.04 Å². The molecule has 0 atom stereocenters. The van der Waals surface area contributed by atoms with Gasteiger partial charge >= 0.3 is 29.2 Å². The Morgan fingerprint density at radius 3 is 2.00 bits per heavy atom. The first-order valence-electron chi connectivity index (χ1n) is 3.41. The summed E-state index contributed by atoms with van der Waals surface area (Å²) in [5, 5.41) is 0. The molecule has 0 radical (unpaired) electrons. The molecule has 1 aliphatic carbocycles. The summed E-state index contributed by atoms with van der Waals surface area (Å²) in [5.74, 6) is 0. The van der Waals surface area contributed by atoms with Gasteiger partial charge in [-0.2, -0.15) is 0 Å². The molecule has 3 heteroatoms. The number of hydrogen-bond donors (Lipinski definition) is 0. The van der Waals surface area contributed by atoms with Crippen molar-refractivity contribution < 1.29 is 20.0 Å². The predicted molar refractivity (Wildman–Crippen MR) is 39.3 cm³/mol. The van der Waals surface area contributed by atoms with Gasteiger partial charge in [0.2, 0.25) is 6.04 Å². The van der Waals surface area contributed by atoms with E-state index >= 15 is 0 Å². The van der Waals surface area contributed by atoms with E-state index in [1.807, 2.05) is 0 Å². The maximum absolute atomic E-state index is 6.72. The summed E-state index contributed by atoms with van der Waals surface area (Å²) in [4.78, 5) is 3.50. The van der Waals surface area contributed by atoms with Crippen LogP contribution in [0.5, 0.6) is 0 Å². The van der Waals surface area contributed by atoms with Crippen LogP contribution in [0.4, 0.5) is 0 Å². The van der Waals surface area contributed by atoms with Gasteiger partial charge in [0.1, 0.15) is 0 Å². The quantitative estimate of drug-likeness (QED) is 0.461. The van der Waals surface area contributed by atoms with Crippen molar-refractivity contribution in [1.82, 2.24) is 0 Å². The van der Waals surface area contributed by atoms with Crippen LogP contribution in [0.1, 0.15) is 32.1 Å². The fraction of sp³-hybridized carbons (Fsp3) is 0.857. The summed E-state index contributed by atoms with van der Waals surface area (Å²) in [5.41, 5.74) is 0. The Hall–Kier alpha value is 0.520. The first-order chi connectivity index (χ1) is 4.93. The van der Waals surface area contributed by atoms with Gasteiger partial charge in [-0.1, -0.05) is 6.42 Å². The molecule has 0 amide bonds. The molecule has 0 spiro atoms. The molecular weight excluding hydrogens is 241 g/mol. The van der Waals surface area contributed by atoms with Crippen LogP contribution >= 0.6 is 9.19 Å². The van der Waals surface area contributed by atoms with Gasteiger partial charge in [0.25, 0.3) is 0 Å². The van der Waals surface area contributed by atoms with Crippen molar-refractivity contribution in [2.75, 3.05) is 0 Å². The third kappa shape index (κ3) is 4.35. The molecule has 0 unspecified atom stereocenters. The summed E-state index contributed by atoms with van der Waals surface area (Å²) in [7, 11) is 4.45. The van der Waals surface area contributed by atoms with E-state index in [4.69, 9.17) is 6.57 Å². The van der Waals surface area contributed by atoms with Crippen molar-refractivity contribution in [1.29, 1.82) is 0 Å². The SMILES string of the molecule is [C-]#[N+]C1CCCCC1.[Cl][Ag]. The van der Waals surface area contributed by atoms with Gasteiger partial charge in [-0.3, -0.25) is 0 Å². The van der Waals surface area contributed by atoms with E-state index < -0.39 is 0 Å². The van der Waals surface area contributed by atoms with Gasteiger partial charge in [-0.05, 0) is 12.8 Å². The molecule has 0 saturated heterocycles. The second-order valence-electron chi connectivity index (χ2n) is 2.42. The molecule has 1 saturated carbocycles. The molecule has 0 bridgehead atoms. The second kappa shape index (κ2) is 7.63. The van der Waals surface area contributed by atoms with Crippen LogP contribution in [0.3, 0.4) is 0 Å². The summed E-state index contributed by atoms with van der Waals surface area (Å²) >= 11 is 2.42. The standard InChI is InChI=1S/C7H11N.Ag.ClH/c1-8-7-5-3-2-4-6-7;;/h7H,2-6H2;;1H/q;+1;/p-1. The van der Waals surface area contributed by atoms with Gasteiger partial charge in [-0.25, -0.2) is 6.57 Å². The summed E-state index contributed by atoms with van der Waals surface area (Å²) in [6, 6.07) is 0.378. The average molecular weight is 252 g/mol. The monoisotopic (exact) mass is 251 g/mol. The Balaban J connectivity index is 0.000000371. The van der Waals surface area contributed by atoms with E-state index in [1.165, 1.54) is 19.3 Å². The Labute approximate surface area is 78.7 Å². The van der Waals surface area contributed by atoms with Crippen LogP contribution < -0.4 is 0 Å². The topological polar surface area (TPSA) is 4.36 Å². The average Bonchev–Trinajstić information content (AvgIpc) is 2.10. The van der Waals surface area contributed by atoms with Gasteiger partial charge in [0.15, 0.2) is 0 Å². The van der Waals surface area contributed by atoms with Gasteiger partial charge in [-0.15, -0.1) is 0 Å². The normalized spacial score (nSPS) is 18.6. The Kier molecular flexibility index (Phi) is 8.02. The number of rotatable bonds is 0. The Morgan fingerprint density at radius 1 is 1.20 bits per heavy atom. The first-order valence-corrected chi connectivity index (χ1v) is 5.32. The molecule has 1 aliphatic rings. The number of hydrogen-bond acceptors (Lipinski definition) is 0. The van der Waals surface area contributed by atoms with Crippen molar-refractivity contribution in [3.63, 3.8) is 0 Å². The number of halogens is 1. The minimum absolute atomic E-state index is 0.378. The van der Waals surface area contributed by atoms with E-state index in [0.717, 1.165) is 12.8 Å². The molecule has 1 fully saturated rings. The predicted octanol–water partition coefficient (Wildman–Crippen LogP) is 2.93. The molecular formula is C7H11AgClN. The maximum atomic E-state index is 6.72. The van der Waals surface area contributed by atoms with Crippen molar-refractivity contribution in [3.05, 3.63) is 11.4 Å². The zero-order valence-electron chi connectivity index (χ0n) is 5.74. The first kappa shape index (κ1) is 10.5. The van der Waals surface area contributed by atoms with Crippen molar-refractivity contribution in [2.45, 2.75) is 38.1 Å². The third-order valence-corrected chi connectivity index (χ3v) is 1.76. The molecule has 62 valence electrons. The van der Waals surface area contributed by atoms with Crippen LogP contribution in [-0.2, 0) is 20.0 Å². The van der Waals surface area contributed by atoms with Crippen molar-refractivity contribution in [2.24, 2.45) is 0 Å². The Morgan fingerprint density at radius 2 is 1.70 bits per heavy atom. The molecule has 0 aromatic heterocycles. The molecule has 0 heterocycles. The summed E-state index contributed by atoms with van der Waals surface area (Å²) in [6.45, 7) is 6.72. The molecule has 0 N–H and O–H groups in total. The molecule has 10 heavy (non-hydrogen) atoms. The van der Waals surface area contributed by atoms with Crippen LogP contribution in [0.15, 0.2) is 0 Å². The number of nitrogens with zero attached hydrogens (tertiary/aromatic N) is 1. The zero-order valence-corrected chi connectivity index (χ0v) is 7.98. The third-order valence-electron chi connectivity index (χ3n) is 1.76. The van der Waals surface area contributed by atoms with Gasteiger partial charge in [0, 0.05) is 12.8 Å². The van der Waals surface area contributed by atoms with Crippen LogP contribution in [0, 0.1) is 6.57 Å². The van der Waals surface area contributed by atoms with Crippen LogP contribution in [-0.4, -0.2) is 6.04 Å². The zero-order chi connectivity index (χ0) is 7.82. The minimum atomic E-state index is 0.378. The Bertz CT molecular complexity index is 105. The van der Waals surface area contributed by atoms with E-state index in [1.54, 1.807) is 0 Å². The summed E-state index contributed by atoms with van der Waals surface area (Å²) < 4.78 is 0. The van der Waals surface area contributed by atoms with E-state index in [9.17, 15) is 0 Å². The fourth-order valence-corrected chi connectivity index (χ4v) is 1.21. The molecule has 1 rings (SSSR count). The van der Waals surface area contributed by atoms with Crippen molar-refractivity contribution in [3.8, 4) is 0 Å². The van der Waals surface area contributed by atoms with E-state index in [2.05, 4.69) is 34.0 Å². The summed E-state index contributed by atoms with van der Waals surface area (Å²) in [6.07, 6.45) is 6.24. The fourth-order valence-electron chi connectivity index (χ4n) is 1.21. The molecule has 1 nitrogen and oxygen atoms in total. The van der Waals surface area contributed by atoms with Gasteiger partial charge < -0.3 is 4.85 Å². The molecule has 0 aromatic rings. The second-order valence-corrected chi connectivity index (χ2v) is 2.42. The van der Waals surface area contributed by atoms with Crippen LogP contribution in [0.25, 0.3) is 4.85 Å². The van der Waals surface area contributed by atoms with Crippen molar-refractivity contribution >= 4 is 9.19 Å². The van der Waals surface area contributed by atoms with E-state index in [-0.39, 0.29) is 0 Å². The van der Waals surface area contributed by atoms with Crippen LogP contribution in [0.2, 0.25) is 0 Å². The molecule has 0 aromatic carbocycles. The molecule has 0 aliphatic heterocycles.